The van der Waals surface area contributed by atoms with Crippen molar-refractivity contribution in [1.29, 1.82) is 0 Å². The van der Waals surface area contributed by atoms with E-state index in [2.05, 4.69) is 30.3 Å². The summed E-state index contributed by atoms with van der Waals surface area (Å²) in [4.78, 5) is 2.41. The van der Waals surface area contributed by atoms with Crippen molar-refractivity contribution in [2.75, 3.05) is 32.4 Å². The molecule has 1 aliphatic rings. The molecule has 18 heavy (non-hydrogen) atoms. The highest BCUT2D eigenvalue weighted by atomic mass is 15.1. The fraction of sp³-hybridized carbons (Fsp3) is 0.600. The monoisotopic (exact) mass is 247 g/mol. The predicted octanol–water partition coefficient (Wildman–Crippen LogP) is 2.09. The molecule has 3 N–H and O–H groups in total. The van der Waals surface area contributed by atoms with E-state index in [4.69, 9.17) is 5.73 Å². The van der Waals surface area contributed by atoms with E-state index in [1.807, 2.05) is 18.2 Å². The third kappa shape index (κ3) is 3.47. The number of hydrogen-bond acceptors (Lipinski definition) is 3. The highest BCUT2D eigenvalue weighted by Crippen LogP contribution is 2.29. The Bertz CT molecular complexity index is 381. The smallest absolute Gasteiger partial charge is 0.0359 e. The van der Waals surface area contributed by atoms with Crippen molar-refractivity contribution >= 4 is 5.69 Å². The molecule has 0 aromatic heterocycles. The topological polar surface area (TPSA) is 41.3 Å². The molecule has 3 heteroatoms. The van der Waals surface area contributed by atoms with Crippen LogP contribution in [0, 0.1) is 5.41 Å². The average molecular weight is 247 g/mol. The lowest BCUT2D eigenvalue weighted by molar-refractivity contribution is 0.137. The Morgan fingerprint density at radius 2 is 1.94 bits per heavy atom. The molecule has 1 aliphatic heterocycles. The van der Waals surface area contributed by atoms with Crippen LogP contribution in [0.3, 0.4) is 0 Å². The van der Waals surface area contributed by atoms with Gasteiger partial charge in [0.15, 0.2) is 0 Å². The molecule has 0 saturated carbocycles. The number of rotatable bonds is 4. The molecule has 2 rings (SSSR count). The number of para-hydroxylation sites is 1. The lowest BCUT2D eigenvalue weighted by Crippen LogP contribution is -2.41. The third-order valence-corrected chi connectivity index (χ3v) is 4.12. The molecule has 1 saturated heterocycles. The molecule has 0 radical (unpaired) electrons. The Balaban J connectivity index is 1.80. The second-order valence-corrected chi connectivity index (χ2v) is 5.92. The summed E-state index contributed by atoms with van der Waals surface area (Å²) in [6.07, 6.45) is 2.56. The molecule has 0 bridgehead atoms. The van der Waals surface area contributed by atoms with Gasteiger partial charge in [0.25, 0.3) is 0 Å². The van der Waals surface area contributed by atoms with Gasteiger partial charge in [0.05, 0.1) is 0 Å². The number of benzene rings is 1. The highest BCUT2D eigenvalue weighted by Gasteiger charge is 2.28. The summed E-state index contributed by atoms with van der Waals surface area (Å²) in [5, 5.41) is 3.57. The molecule has 1 aromatic rings. The SMILES string of the molecule is CN1CCC(C)(CNCc2ccccc2N)CC1. The Kier molecular flexibility index (Phi) is 4.25. The number of nitrogen functional groups attached to an aromatic ring is 1. The number of nitrogens with two attached hydrogens (primary N) is 1. The largest absolute Gasteiger partial charge is 0.398 e. The molecule has 0 aliphatic carbocycles. The van der Waals surface area contributed by atoms with Gasteiger partial charge in [0.1, 0.15) is 0 Å². The summed E-state index contributed by atoms with van der Waals surface area (Å²) in [5.41, 5.74) is 8.48. The maximum absolute atomic E-state index is 5.94. The number of nitrogens with zero attached hydrogens (tertiary/aromatic N) is 1. The first-order chi connectivity index (χ1) is 8.59. The third-order valence-electron chi connectivity index (χ3n) is 4.12. The van der Waals surface area contributed by atoms with Crippen molar-refractivity contribution in [3.05, 3.63) is 29.8 Å². The summed E-state index contributed by atoms with van der Waals surface area (Å²) in [5.74, 6) is 0. The zero-order chi connectivity index (χ0) is 13.0. The number of anilines is 1. The Morgan fingerprint density at radius 3 is 2.61 bits per heavy atom. The summed E-state index contributed by atoms with van der Waals surface area (Å²) < 4.78 is 0. The van der Waals surface area contributed by atoms with E-state index < -0.39 is 0 Å². The van der Waals surface area contributed by atoms with Crippen LogP contribution in [0.15, 0.2) is 24.3 Å². The molecule has 1 aromatic carbocycles. The van der Waals surface area contributed by atoms with Crippen LogP contribution in [0.4, 0.5) is 5.69 Å². The fourth-order valence-corrected chi connectivity index (χ4v) is 2.53. The minimum Gasteiger partial charge on any atom is -0.398 e. The molecule has 100 valence electrons. The normalized spacial score (nSPS) is 19.9. The summed E-state index contributed by atoms with van der Waals surface area (Å²) in [7, 11) is 2.21. The lowest BCUT2D eigenvalue weighted by Gasteiger charge is -2.38. The number of hydrogen-bond donors (Lipinski definition) is 2. The van der Waals surface area contributed by atoms with E-state index in [1.54, 1.807) is 0 Å². The van der Waals surface area contributed by atoms with Gasteiger partial charge in [0.2, 0.25) is 0 Å². The van der Waals surface area contributed by atoms with Gasteiger partial charge in [-0.1, -0.05) is 25.1 Å². The first-order valence-corrected chi connectivity index (χ1v) is 6.82. The zero-order valence-corrected chi connectivity index (χ0v) is 11.6. The van der Waals surface area contributed by atoms with Gasteiger partial charge in [-0.3, -0.25) is 0 Å². The molecular weight excluding hydrogens is 222 g/mol. The molecule has 0 atom stereocenters. The second-order valence-electron chi connectivity index (χ2n) is 5.92. The van der Waals surface area contributed by atoms with Crippen molar-refractivity contribution in [3.63, 3.8) is 0 Å². The van der Waals surface area contributed by atoms with Gasteiger partial charge < -0.3 is 16.0 Å². The molecule has 0 spiro atoms. The number of likely N-dealkylation sites (tertiary alicyclic amines) is 1. The Hall–Kier alpha value is -1.06. The summed E-state index contributed by atoms with van der Waals surface area (Å²) in [6.45, 7) is 6.77. The molecule has 1 heterocycles. The summed E-state index contributed by atoms with van der Waals surface area (Å²) in [6, 6.07) is 8.09. The zero-order valence-electron chi connectivity index (χ0n) is 11.6. The van der Waals surface area contributed by atoms with E-state index in [1.165, 1.54) is 31.5 Å². The maximum Gasteiger partial charge on any atom is 0.0359 e. The molecule has 3 nitrogen and oxygen atoms in total. The minimum atomic E-state index is 0.441. The van der Waals surface area contributed by atoms with Crippen molar-refractivity contribution < 1.29 is 0 Å². The second kappa shape index (κ2) is 5.72. The predicted molar refractivity (Wildman–Crippen MR) is 77.4 cm³/mol. The van der Waals surface area contributed by atoms with Crippen molar-refractivity contribution in [2.24, 2.45) is 5.41 Å². The van der Waals surface area contributed by atoms with Crippen LogP contribution in [-0.2, 0) is 6.54 Å². The van der Waals surface area contributed by atoms with Gasteiger partial charge in [0, 0.05) is 18.8 Å². The van der Waals surface area contributed by atoms with E-state index in [0.717, 1.165) is 18.8 Å². The molecule has 0 amide bonds. The van der Waals surface area contributed by atoms with Crippen LogP contribution in [0.5, 0.6) is 0 Å². The Labute approximate surface area is 110 Å². The van der Waals surface area contributed by atoms with Gasteiger partial charge >= 0.3 is 0 Å². The maximum atomic E-state index is 5.94. The molecule has 1 fully saturated rings. The van der Waals surface area contributed by atoms with Gasteiger partial charge in [-0.15, -0.1) is 0 Å². The van der Waals surface area contributed by atoms with Gasteiger partial charge in [-0.05, 0) is 50.0 Å². The fourth-order valence-electron chi connectivity index (χ4n) is 2.53. The first kappa shape index (κ1) is 13.4. The standard InChI is InChI=1S/C15H25N3/c1-15(7-9-18(2)10-8-15)12-17-11-13-5-3-4-6-14(13)16/h3-6,17H,7-12,16H2,1-2H3. The highest BCUT2D eigenvalue weighted by molar-refractivity contribution is 5.46. The van der Waals surface area contributed by atoms with E-state index in [-0.39, 0.29) is 0 Å². The number of piperidine rings is 1. The van der Waals surface area contributed by atoms with Crippen molar-refractivity contribution in [3.8, 4) is 0 Å². The lowest BCUT2D eigenvalue weighted by atomic mass is 9.80. The van der Waals surface area contributed by atoms with Crippen LogP contribution in [0.2, 0.25) is 0 Å². The Morgan fingerprint density at radius 1 is 1.28 bits per heavy atom. The summed E-state index contributed by atoms with van der Waals surface area (Å²) >= 11 is 0. The van der Waals surface area contributed by atoms with Crippen LogP contribution in [0.1, 0.15) is 25.3 Å². The van der Waals surface area contributed by atoms with Crippen LogP contribution >= 0.6 is 0 Å². The van der Waals surface area contributed by atoms with Gasteiger partial charge in [-0.25, -0.2) is 0 Å². The van der Waals surface area contributed by atoms with E-state index >= 15 is 0 Å². The quantitative estimate of drug-likeness (QED) is 0.801. The average Bonchev–Trinajstić information content (AvgIpc) is 2.36. The van der Waals surface area contributed by atoms with Crippen molar-refractivity contribution in [2.45, 2.75) is 26.3 Å². The van der Waals surface area contributed by atoms with Crippen LogP contribution in [0.25, 0.3) is 0 Å². The van der Waals surface area contributed by atoms with Crippen LogP contribution < -0.4 is 11.1 Å². The molecule has 0 unspecified atom stereocenters. The number of nitrogens with one attached hydrogen (secondary N) is 1. The van der Waals surface area contributed by atoms with Gasteiger partial charge in [-0.2, -0.15) is 0 Å². The van der Waals surface area contributed by atoms with Crippen LogP contribution in [-0.4, -0.2) is 31.6 Å². The minimum absolute atomic E-state index is 0.441. The van der Waals surface area contributed by atoms with E-state index in [0.29, 0.717) is 5.41 Å². The van der Waals surface area contributed by atoms with E-state index in [9.17, 15) is 0 Å². The first-order valence-electron chi connectivity index (χ1n) is 6.82. The molecular formula is C15H25N3. The van der Waals surface area contributed by atoms with Crippen molar-refractivity contribution in [1.82, 2.24) is 10.2 Å².